The molecule has 0 bridgehead atoms. The third-order valence-corrected chi connectivity index (χ3v) is 4.93. The summed E-state index contributed by atoms with van der Waals surface area (Å²) in [5.41, 5.74) is 3.10. The highest BCUT2D eigenvalue weighted by Gasteiger charge is 2.28. The van der Waals surface area contributed by atoms with Crippen molar-refractivity contribution in [2.24, 2.45) is 0 Å². The van der Waals surface area contributed by atoms with Crippen LogP contribution in [0.5, 0.6) is 0 Å². The normalized spacial score (nSPS) is 16.3. The first kappa shape index (κ1) is 17.3. The van der Waals surface area contributed by atoms with E-state index >= 15 is 0 Å². The number of pyridine rings is 1. The van der Waals surface area contributed by atoms with Gasteiger partial charge in [-0.1, -0.05) is 6.07 Å². The van der Waals surface area contributed by atoms with Crippen molar-refractivity contribution in [3.8, 4) is 5.82 Å². The van der Waals surface area contributed by atoms with Crippen LogP contribution in [0.3, 0.4) is 0 Å². The van der Waals surface area contributed by atoms with Gasteiger partial charge in [0.25, 0.3) is 0 Å². The molecule has 3 heterocycles. The minimum Gasteiger partial charge on any atom is -0.476 e. The monoisotopic (exact) mass is 367 g/mol. The zero-order chi connectivity index (χ0) is 18.8. The zero-order valence-corrected chi connectivity index (χ0v) is 15.0. The number of nitrogens with one attached hydrogen (secondary N) is 1. The van der Waals surface area contributed by atoms with Crippen LogP contribution in [0, 0.1) is 0 Å². The number of nitrogens with zero attached hydrogens (tertiary/aromatic N) is 6. The van der Waals surface area contributed by atoms with E-state index < -0.39 is 5.97 Å². The van der Waals surface area contributed by atoms with E-state index in [1.807, 2.05) is 23.7 Å². The number of aryl methyl sites for hydroxylation is 1. The molecule has 3 aromatic rings. The standard InChI is InChI=1S/C18H21N7O2/c1-2-24-15-6-5-13(8-14(15)16(23-24)18(26)27)21-9-12-4-3-7-20-17(12)25-11-19-10-22-25/h3-4,7,10-11,13,21H,2,5-6,8-9H2,1H3,(H,26,27)/t13-/m0/s1. The van der Waals surface area contributed by atoms with Gasteiger partial charge >= 0.3 is 5.97 Å². The Morgan fingerprint density at radius 2 is 2.33 bits per heavy atom. The Kier molecular flexibility index (Phi) is 4.68. The summed E-state index contributed by atoms with van der Waals surface area (Å²) in [6.07, 6.45) is 7.26. The lowest BCUT2D eigenvalue weighted by atomic mass is 9.91. The molecule has 9 heteroatoms. The molecule has 140 valence electrons. The number of carboxylic acid groups (broad SMARTS) is 1. The Morgan fingerprint density at radius 1 is 1.44 bits per heavy atom. The molecule has 1 atom stereocenters. The van der Waals surface area contributed by atoms with Gasteiger partial charge in [-0.05, 0) is 32.3 Å². The molecule has 3 aromatic heterocycles. The second kappa shape index (κ2) is 7.28. The highest BCUT2D eigenvalue weighted by molar-refractivity contribution is 5.87. The van der Waals surface area contributed by atoms with Gasteiger partial charge < -0.3 is 10.4 Å². The van der Waals surface area contributed by atoms with E-state index in [0.717, 1.165) is 35.5 Å². The number of carboxylic acids is 1. The molecule has 0 amide bonds. The average Bonchev–Trinajstić information content (AvgIpc) is 3.34. The maximum absolute atomic E-state index is 11.5. The van der Waals surface area contributed by atoms with Crippen LogP contribution in [-0.2, 0) is 25.9 Å². The lowest BCUT2D eigenvalue weighted by molar-refractivity contribution is 0.0688. The molecule has 9 nitrogen and oxygen atoms in total. The molecule has 0 saturated heterocycles. The summed E-state index contributed by atoms with van der Waals surface area (Å²) in [5, 5.41) is 21.4. The van der Waals surface area contributed by atoms with Gasteiger partial charge in [0.1, 0.15) is 12.7 Å². The van der Waals surface area contributed by atoms with Crippen molar-refractivity contribution < 1.29 is 9.90 Å². The Morgan fingerprint density at radius 3 is 3.07 bits per heavy atom. The Balaban J connectivity index is 1.51. The predicted molar refractivity (Wildman–Crippen MR) is 96.7 cm³/mol. The second-order valence-corrected chi connectivity index (χ2v) is 6.54. The summed E-state index contributed by atoms with van der Waals surface area (Å²) in [6.45, 7) is 3.29. The Labute approximate surface area is 156 Å². The van der Waals surface area contributed by atoms with E-state index in [2.05, 4.69) is 25.5 Å². The third-order valence-electron chi connectivity index (χ3n) is 4.93. The smallest absolute Gasteiger partial charge is 0.356 e. The van der Waals surface area contributed by atoms with Gasteiger partial charge in [0.05, 0.1) is 0 Å². The molecule has 1 aliphatic rings. The van der Waals surface area contributed by atoms with Crippen LogP contribution in [-0.4, -0.2) is 46.6 Å². The summed E-state index contributed by atoms with van der Waals surface area (Å²) in [6, 6.07) is 4.08. The van der Waals surface area contributed by atoms with Crippen molar-refractivity contribution in [2.45, 2.75) is 45.3 Å². The number of fused-ring (bicyclic) bond motifs is 1. The third kappa shape index (κ3) is 3.33. The summed E-state index contributed by atoms with van der Waals surface area (Å²) in [4.78, 5) is 19.9. The second-order valence-electron chi connectivity index (χ2n) is 6.54. The van der Waals surface area contributed by atoms with E-state index in [0.29, 0.717) is 19.5 Å². The van der Waals surface area contributed by atoms with E-state index in [1.54, 1.807) is 17.2 Å². The Hall–Kier alpha value is -3.07. The van der Waals surface area contributed by atoms with Crippen molar-refractivity contribution in [2.75, 3.05) is 0 Å². The van der Waals surface area contributed by atoms with Crippen LogP contribution in [0.25, 0.3) is 5.82 Å². The average molecular weight is 367 g/mol. The topological polar surface area (TPSA) is 111 Å². The minimum absolute atomic E-state index is 0.183. The number of aromatic nitrogens is 6. The van der Waals surface area contributed by atoms with Gasteiger partial charge in [-0.3, -0.25) is 4.68 Å². The number of hydrogen-bond donors (Lipinski definition) is 2. The Bertz CT molecular complexity index is 949. The van der Waals surface area contributed by atoms with Crippen LogP contribution in [0.2, 0.25) is 0 Å². The van der Waals surface area contributed by atoms with Crippen molar-refractivity contribution in [3.63, 3.8) is 0 Å². The SMILES string of the molecule is CCn1nc(C(=O)O)c2c1CC[C@H](NCc1cccnc1-n1cncn1)C2. The van der Waals surface area contributed by atoms with Gasteiger partial charge in [-0.25, -0.2) is 19.4 Å². The molecule has 0 spiro atoms. The van der Waals surface area contributed by atoms with Gasteiger partial charge in [0, 0.05) is 42.1 Å². The molecule has 0 unspecified atom stereocenters. The number of hydrogen-bond acceptors (Lipinski definition) is 6. The first-order chi connectivity index (χ1) is 13.2. The summed E-state index contributed by atoms with van der Waals surface area (Å²) in [5.74, 6) is -0.219. The van der Waals surface area contributed by atoms with Crippen LogP contribution in [0.1, 0.15) is 40.7 Å². The molecular formula is C18H21N7O2. The summed E-state index contributed by atoms with van der Waals surface area (Å²) < 4.78 is 3.46. The number of rotatable bonds is 6. The molecule has 0 aliphatic heterocycles. The highest BCUT2D eigenvalue weighted by Crippen LogP contribution is 2.25. The maximum Gasteiger partial charge on any atom is 0.356 e. The van der Waals surface area contributed by atoms with Crippen LogP contribution < -0.4 is 5.32 Å². The molecule has 0 aromatic carbocycles. The van der Waals surface area contributed by atoms with Crippen molar-refractivity contribution >= 4 is 5.97 Å². The van der Waals surface area contributed by atoms with Gasteiger partial charge in [-0.2, -0.15) is 10.2 Å². The van der Waals surface area contributed by atoms with E-state index in [9.17, 15) is 9.90 Å². The van der Waals surface area contributed by atoms with Crippen LogP contribution >= 0.6 is 0 Å². The fourth-order valence-corrected chi connectivity index (χ4v) is 3.64. The number of carbonyl (C=O) groups is 1. The highest BCUT2D eigenvalue weighted by atomic mass is 16.4. The van der Waals surface area contributed by atoms with E-state index in [-0.39, 0.29) is 11.7 Å². The minimum atomic E-state index is -0.958. The first-order valence-electron chi connectivity index (χ1n) is 9.01. The van der Waals surface area contributed by atoms with Gasteiger partial charge in [-0.15, -0.1) is 0 Å². The number of aromatic carboxylic acids is 1. The van der Waals surface area contributed by atoms with Crippen LogP contribution in [0.15, 0.2) is 31.0 Å². The molecule has 27 heavy (non-hydrogen) atoms. The molecule has 1 aliphatic carbocycles. The lowest BCUT2D eigenvalue weighted by Crippen LogP contribution is -2.35. The maximum atomic E-state index is 11.5. The molecule has 0 saturated carbocycles. The summed E-state index contributed by atoms with van der Waals surface area (Å²) in [7, 11) is 0. The molecule has 2 N–H and O–H groups in total. The molecule has 4 rings (SSSR count). The fraction of sp³-hybridized carbons (Fsp3) is 0.389. The van der Waals surface area contributed by atoms with Gasteiger partial charge in [0.2, 0.25) is 0 Å². The van der Waals surface area contributed by atoms with Crippen molar-refractivity contribution in [1.82, 2.24) is 34.8 Å². The fourth-order valence-electron chi connectivity index (χ4n) is 3.64. The van der Waals surface area contributed by atoms with Crippen molar-refractivity contribution in [1.29, 1.82) is 0 Å². The zero-order valence-electron chi connectivity index (χ0n) is 15.0. The molecular weight excluding hydrogens is 346 g/mol. The quantitative estimate of drug-likeness (QED) is 0.674. The van der Waals surface area contributed by atoms with Crippen molar-refractivity contribution in [3.05, 3.63) is 53.5 Å². The van der Waals surface area contributed by atoms with E-state index in [4.69, 9.17) is 0 Å². The van der Waals surface area contributed by atoms with Gasteiger partial charge in [0.15, 0.2) is 11.5 Å². The first-order valence-corrected chi connectivity index (χ1v) is 9.01. The molecule has 0 fully saturated rings. The largest absolute Gasteiger partial charge is 0.476 e. The predicted octanol–water partition coefficient (Wildman–Crippen LogP) is 1.22. The van der Waals surface area contributed by atoms with E-state index in [1.165, 1.54) is 6.33 Å². The molecule has 0 radical (unpaired) electrons. The summed E-state index contributed by atoms with van der Waals surface area (Å²) >= 11 is 0. The lowest BCUT2D eigenvalue weighted by Gasteiger charge is -2.24. The van der Waals surface area contributed by atoms with Crippen LogP contribution in [0.4, 0.5) is 0 Å².